The number of aromatic carboxylic acids is 1. The first-order valence-corrected chi connectivity index (χ1v) is 4.81. The average molecular weight is 226 g/mol. The molecule has 0 aliphatic carbocycles. The van der Waals surface area contributed by atoms with Gasteiger partial charge in [0.2, 0.25) is 0 Å². The van der Waals surface area contributed by atoms with Crippen LogP contribution in [0.1, 0.15) is 35.8 Å². The highest BCUT2D eigenvalue weighted by atomic mass is 16.6. The molecule has 0 radical (unpaired) electrons. The number of carboxylic acids is 1. The van der Waals surface area contributed by atoms with Crippen molar-refractivity contribution in [3.05, 3.63) is 34.5 Å². The Balaban J connectivity index is 0.000000673. The molecule has 0 saturated heterocycles. The van der Waals surface area contributed by atoms with E-state index in [4.69, 9.17) is 15.2 Å². The van der Waals surface area contributed by atoms with E-state index in [-0.39, 0.29) is 0 Å². The van der Waals surface area contributed by atoms with E-state index in [1.54, 1.807) is 18.3 Å². The maximum absolute atomic E-state index is 10.7. The molecule has 0 spiro atoms. The summed E-state index contributed by atoms with van der Waals surface area (Å²) in [5.41, 5.74) is 1.02. The van der Waals surface area contributed by atoms with Crippen molar-refractivity contribution < 1.29 is 15.1 Å². The van der Waals surface area contributed by atoms with Gasteiger partial charge in [0.15, 0.2) is 5.34 Å². The molecular formula is C10H14N2O4. The van der Waals surface area contributed by atoms with Crippen LogP contribution in [0.5, 0.6) is 0 Å². The number of hydrogen-bond acceptors (Lipinski definition) is 4. The fourth-order valence-corrected chi connectivity index (χ4v) is 1.18. The molecule has 2 N–H and O–H groups in total. The highest BCUT2D eigenvalue weighted by molar-refractivity contribution is 5.88. The van der Waals surface area contributed by atoms with Crippen molar-refractivity contribution in [3.8, 4) is 0 Å². The average Bonchev–Trinajstić information content (AvgIpc) is 2.27. The van der Waals surface area contributed by atoms with E-state index in [0.29, 0.717) is 11.3 Å². The number of carboxylic acid groups (broad SMARTS) is 1. The fraction of sp³-hybridized carbons (Fsp3) is 0.400. The molecule has 1 aromatic heterocycles. The Kier molecular flexibility index (Phi) is 7.31. The molecule has 0 bridgehead atoms. The monoisotopic (exact) mass is 226 g/mol. The molecule has 88 valence electrons. The summed E-state index contributed by atoms with van der Waals surface area (Å²) in [5.74, 6) is -0.890. The van der Waals surface area contributed by atoms with Crippen LogP contribution in [0, 0.1) is 4.91 Å². The number of nitrogens with zero attached hydrogens (tertiary/aromatic N) is 2. The standard InChI is InChI=1S/C10H13NO2.HNO2/c1-2-3-6-9-8(10(12)13)5-4-7-11-9;2-1-3/h4-5,7H,2-3,6H2,1H3,(H,12,13);(H,2,3). The maximum Gasteiger partial charge on any atom is 0.337 e. The molecule has 0 fully saturated rings. The lowest BCUT2D eigenvalue weighted by Gasteiger charge is -2.02. The number of hydrogen-bond donors (Lipinski definition) is 2. The van der Waals surface area contributed by atoms with Crippen LogP contribution in [0.25, 0.3) is 0 Å². The van der Waals surface area contributed by atoms with Gasteiger partial charge in [-0.05, 0) is 25.0 Å². The van der Waals surface area contributed by atoms with Gasteiger partial charge in [-0.2, -0.15) is 0 Å². The predicted octanol–water partition coefficient (Wildman–Crippen LogP) is 2.26. The molecule has 0 aliphatic rings. The lowest BCUT2D eigenvalue weighted by Crippen LogP contribution is -2.04. The van der Waals surface area contributed by atoms with Gasteiger partial charge in [0.1, 0.15) is 0 Å². The normalized spacial score (nSPS) is 8.81. The van der Waals surface area contributed by atoms with E-state index in [1.165, 1.54) is 5.34 Å². The number of carbonyl (C=O) groups is 1. The lowest BCUT2D eigenvalue weighted by molar-refractivity contribution is 0.0695. The summed E-state index contributed by atoms with van der Waals surface area (Å²) in [6.07, 6.45) is 4.42. The summed E-state index contributed by atoms with van der Waals surface area (Å²) >= 11 is 0. The number of pyridine rings is 1. The molecule has 6 heteroatoms. The summed E-state index contributed by atoms with van der Waals surface area (Å²) in [6.45, 7) is 2.07. The van der Waals surface area contributed by atoms with Crippen molar-refractivity contribution in [2.45, 2.75) is 26.2 Å². The van der Waals surface area contributed by atoms with Gasteiger partial charge in [0.25, 0.3) is 0 Å². The van der Waals surface area contributed by atoms with E-state index in [0.717, 1.165) is 19.3 Å². The van der Waals surface area contributed by atoms with Crippen LogP contribution in [-0.2, 0) is 6.42 Å². The van der Waals surface area contributed by atoms with E-state index >= 15 is 0 Å². The Morgan fingerprint density at radius 1 is 1.56 bits per heavy atom. The molecule has 0 saturated carbocycles. The lowest BCUT2D eigenvalue weighted by atomic mass is 10.1. The molecule has 16 heavy (non-hydrogen) atoms. The zero-order valence-corrected chi connectivity index (χ0v) is 8.96. The number of unbranched alkanes of at least 4 members (excludes halogenated alkanes) is 1. The minimum absolute atomic E-state index is 0.330. The van der Waals surface area contributed by atoms with Gasteiger partial charge >= 0.3 is 5.97 Å². The smallest absolute Gasteiger partial charge is 0.337 e. The number of aryl methyl sites for hydroxylation is 1. The van der Waals surface area contributed by atoms with E-state index in [9.17, 15) is 4.79 Å². The van der Waals surface area contributed by atoms with Crippen molar-refractivity contribution >= 4 is 5.97 Å². The van der Waals surface area contributed by atoms with E-state index in [1.807, 2.05) is 0 Å². The van der Waals surface area contributed by atoms with Gasteiger partial charge in [-0.3, -0.25) is 4.98 Å². The van der Waals surface area contributed by atoms with Crippen LogP contribution in [-0.4, -0.2) is 21.3 Å². The third-order valence-corrected chi connectivity index (χ3v) is 1.89. The van der Waals surface area contributed by atoms with Crippen LogP contribution in [0.2, 0.25) is 0 Å². The van der Waals surface area contributed by atoms with Gasteiger partial charge in [-0.25, -0.2) is 4.79 Å². The van der Waals surface area contributed by atoms with Gasteiger partial charge in [0.05, 0.1) is 11.3 Å². The zero-order valence-electron chi connectivity index (χ0n) is 8.96. The summed E-state index contributed by atoms with van der Waals surface area (Å²) in [7, 11) is 0. The second kappa shape index (κ2) is 8.34. The van der Waals surface area contributed by atoms with Crippen LogP contribution in [0.15, 0.2) is 23.7 Å². The largest absolute Gasteiger partial charge is 0.478 e. The van der Waals surface area contributed by atoms with Crippen molar-refractivity contribution in [1.29, 1.82) is 0 Å². The molecule has 6 nitrogen and oxygen atoms in total. The maximum atomic E-state index is 10.7. The zero-order chi connectivity index (χ0) is 12.4. The van der Waals surface area contributed by atoms with Crippen molar-refractivity contribution in [1.82, 2.24) is 4.98 Å². The molecular weight excluding hydrogens is 212 g/mol. The third kappa shape index (κ3) is 5.04. The Bertz CT molecular complexity index is 341. The number of rotatable bonds is 4. The van der Waals surface area contributed by atoms with Crippen LogP contribution in [0.3, 0.4) is 0 Å². The van der Waals surface area contributed by atoms with Gasteiger partial charge < -0.3 is 10.3 Å². The summed E-state index contributed by atoms with van der Waals surface area (Å²) in [5, 5.41) is 16.7. The number of aromatic nitrogens is 1. The SMILES string of the molecule is CCCCc1ncccc1C(=O)O.O=NO. The summed E-state index contributed by atoms with van der Waals surface area (Å²) in [4.78, 5) is 22.9. The van der Waals surface area contributed by atoms with Crippen LogP contribution >= 0.6 is 0 Å². The molecule has 1 rings (SSSR count). The van der Waals surface area contributed by atoms with E-state index < -0.39 is 5.97 Å². The minimum Gasteiger partial charge on any atom is -0.478 e. The summed E-state index contributed by atoms with van der Waals surface area (Å²) < 4.78 is 0. The van der Waals surface area contributed by atoms with Crippen molar-refractivity contribution in [3.63, 3.8) is 0 Å². The Hall–Kier alpha value is -1.98. The Labute approximate surface area is 92.9 Å². The second-order valence-corrected chi connectivity index (χ2v) is 2.99. The fourth-order valence-electron chi connectivity index (χ4n) is 1.18. The molecule has 0 atom stereocenters. The molecule has 1 heterocycles. The molecule has 0 aromatic carbocycles. The third-order valence-electron chi connectivity index (χ3n) is 1.89. The predicted molar refractivity (Wildman–Crippen MR) is 57.4 cm³/mol. The van der Waals surface area contributed by atoms with Gasteiger partial charge in [0, 0.05) is 6.20 Å². The molecule has 0 unspecified atom stereocenters. The van der Waals surface area contributed by atoms with Crippen LogP contribution in [0.4, 0.5) is 0 Å². The Morgan fingerprint density at radius 3 is 2.69 bits per heavy atom. The second-order valence-electron chi connectivity index (χ2n) is 2.99. The van der Waals surface area contributed by atoms with Gasteiger partial charge in [-0.15, -0.1) is 4.91 Å². The first-order valence-electron chi connectivity index (χ1n) is 4.81. The first kappa shape index (κ1) is 14.0. The topological polar surface area (TPSA) is 99.8 Å². The highest BCUT2D eigenvalue weighted by Crippen LogP contribution is 2.08. The van der Waals surface area contributed by atoms with Gasteiger partial charge in [-0.1, -0.05) is 13.3 Å². The Morgan fingerprint density at radius 2 is 2.19 bits per heavy atom. The quantitative estimate of drug-likeness (QED) is 0.605. The van der Waals surface area contributed by atoms with Crippen LogP contribution < -0.4 is 0 Å². The molecule has 0 aliphatic heterocycles. The highest BCUT2D eigenvalue weighted by Gasteiger charge is 2.08. The summed E-state index contributed by atoms with van der Waals surface area (Å²) in [6, 6.07) is 3.25. The van der Waals surface area contributed by atoms with E-state index in [2.05, 4.69) is 11.9 Å². The molecule has 1 aromatic rings. The minimum atomic E-state index is -0.890. The first-order chi connectivity index (χ1) is 7.67. The van der Waals surface area contributed by atoms with Crippen molar-refractivity contribution in [2.75, 3.05) is 0 Å². The van der Waals surface area contributed by atoms with Crippen molar-refractivity contribution in [2.24, 2.45) is 5.34 Å². The molecule has 0 amide bonds.